The van der Waals surface area contributed by atoms with Crippen LogP contribution < -0.4 is 0 Å². The molecule has 2 rings (SSSR count). The van der Waals surface area contributed by atoms with E-state index in [1.807, 2.05) is 0 Å². The van der Waals surface area contributed by atoms with E-state index in [1.165, 1.54) is 6.33 Å². The van der Waals surface area contributed by atoms with E-state index in [2.05, 4.69) is 10.9 Å². The third-order valence-corrected chi connectivity index (χ3v) is 2.41. The normalized spacial score (nSPS) is 10.4. The van der Waals surface area contributed by atoms with Crippen LogP contribution in [0.5, 0.6) is 0 Å². The average molecular weight is 209 g/mol. The molecule has 2 aromatic rings. The number of halogens is 2. The molecule has 70 valence electrons. The topological polar surface area (TPSA) is 17.8 Å². The van der Waals surface area contributed by atoms with Crippen molar-refractivity contribution in [2.45, 2.75) is 0 Å². The number of rotatable bonds is 0. The molecule has 0 aliphatic carbocycles. The van der Waals surface area contributed by atoms with E-state index in [9.17, 15) is 4.39 Å². The van der Waals surface area contributed by atoms with Gasteiger partial charge in [-0.2, -0.15) is 0 Å². The highest BCUT2D eigenvalue weighted by Crippen LogP contribution is 2.26. The average Bonchev–Trinajstić information content (AvgIpc) is 2.54. The van der Waals surface area contributed by atoms with Gasteiger partial charge >= 0.3 is 0 Å². The summed E-state index contributed by atoms with van der Waals surface area (Å²) in [6.07, 6.45) is 6.70. The van der Waals surface area contributed by atoms with Crippen molar-refractivity contribution in [3.05, 3.63) is 28.8 Å². The number of hydrogen-bond donors (Lipinski definition) is 0. The number of nitrogens with zero attached hydrogens (tertiary/aromatic N) is 2. The standard InChI is InChI=1S/C10H6ClFN2/c1-3-6-4-7-10(9(12)8(6)11)14(2)5-13-7/h1,4-5H,2H3. The van der Waals surface area contributed by atoms with Crippen LogP contribution in [0.1, 0.15) is 5.56 Å². The molecule has 0 fully saturated rings. The van der Waals surface area contributed by atoms with Crippen LogP contribution in [0.15, 0.2) is 12.4 Å². The molecule has 0 aliphatic rings. The number of aryl methyl sites for hydroxylation is 1. The van der Waals surface area contributed by atoms with Gasteiger partial charge in [-0.1, -0.05) is 17.5 Å². The first-order chi connectivity index (χ1) is 6.65. The largest absolute Gasteiger partial charge is 0.331 e. The Labute approximate surface area is 85.3 Å². The van der Waals surface area contributed by atoms with Crippen LogP contribution in [-0.2, 0) is 7.05 Å². The lowest BCUT2D eigenvalue weighted by atomic mass is 10.2. The zero-order valence-corrected chi connectivity index (χ0v) is 8.14. The lowest BCUT2D eigenvalue weighted by Gasteiger charge is -2.01. The summed E-state index contributed by atoms with van der Waals surface area (Å²) in [5.74, 6) is 1.80. The first-order valence-electron chi connectivity index (χ1n) is 3.90. The Morgan fingerprint density at radius 1 is 1.64 bits per heavy atom. The van der Waals surface area contributed by atoms with Gasteiger partial charge in [-0.25, -0.2) is 9.37 Å². The third kappa shape index (κ3) is 1.08. The number of benzene rings is 1. The second-order valence-corrected chi connectivity index (χ2v) is 3.30. The Bertz CT molecular complexity index is 551. The van der Waals surface area contributed by atoms with Crippen molar-refractivity contribution < 1.29 is 4.39 Å². The summed E-state index contributed by atoms with van der Waals surface area (Å²) < 4.78 is 15.2. The Morgan fingerprint density at radius 2 is 2.36 bits per heavy atom. The highest BCUT2D eigenvalue weighted by molar-refractivity contribution is 6.32. The minimum atomic E-state index is -0.517. The third-order valence-electron chi connectivity index (χ3n) is 2.04. The van der Waals surface area contributed by atoms with Crippen LogP contribution in [0.3, 0.4) is 0 Å². The second kappa shape index (κ2) is 3.00. The second-order valence-electron chi connectivity index (χ2n) is 2.92. The summed E-state index contributed by atoms with van der Waals surface area (Å²) in [6, 6.07) is 1.60. The van der Waals surface area contributed by atoms with Gasteiger partial charge in [0, 0.05) is 12.6 Å². The maximum absolute atomic E-state index is 13.7. The number of imidazole rings is 1. The first-order valence-corrected chi connectivity index (χ1v) is 4.28. The van der Waals surface area contributed by atoms with Crippen molar-refractivity contribution in [1.29, 1.82) is 0 Å². The molecule has 0 bridgehead atoms. The summed E-state index contributed by atoms with van der Waals surface area (Å²) in [5.41, 5.74) is 1.21. The molecule has 0 spiro atoms. The Balaban J connectivity index is 2.96. The smallest absolute Gasteiger partial charge is 0.168 e. The zero-order valence-electron chi connectivity index (χ0n) is 7.38. The van der Waals surface area contributed by atoms with Gasteiger partial charge in [0.25, 0.3) is 0 Å². The fourth-order valence-corrected chi connectivity index (χ4v) is 1.55. The molecule has 1 aromatic carbocycles. The lowest BCUT2D eigenvalue weighted by molar-refractivity contribution is 0.632. The van der Waals surface area contributed by atoms with E-state index in [0.717, 1.165) is 0 Å². The van der Waals surface area contributed by atoms with Gasteiger partial charge in [-0.05, 0) is 6.07 Å². The van der Waals surface area contributed by atoms with Gasteiger partial charge in [0.1, 0.15) is 5.52 Å². The minimum Gasteiger partial charge on any atom is -0.331 e. The lowest BCUT2D eigenvalue weighted by Crippen LogP contribution is -1.91. The van der Waals surface area contributed by atoms with Crippen LogP contribution in [-0.4, -0.2) is 9.55 Å². The van der Waals surface area contributed by atoms with Gasteiger partial charge in [0.2, 0.25) is 0 Å². The molecule has 0 amide bonds. The molecule has 1 aromatic heterocycles. The molecule has 14 heavy (non-hydrogen) atoms. The number of fused-ring (bicyclic) bond motifs is 1. The molecule has 0 N–H and O–H groups in total. The van der Waals surface area contributed by atoms with Crippen LogP contribution in [0.25, 0.3) is 11.0 Å². The monoisotopic (exact) mass is 208 g/mol. The van der Waals surface area contributed by atoms with Gasteiger partial charge in [-0.3, -0.25) is 0 Å². The van der Waals surface area contributed by atoms with E-state index in [1.54, 1.807) is 17.7 Å². The zero-order chi connectivity index (χ0) is 10.3. The summed E-state index contributed by atoms with van der Waals surface area (Å²) >= 11 is 5.74. The molecular weight excluding hydrogens is 203 g/mol. The van der Waals surface area contributed by atoms with Crippen LogP contribution in [0.4, 0.5) is 4.39 Å². The minimum absolute atomic E-state index is 0.0244. The Morgan fingerprint density at radius 3 is 3.00 bits per heavy atom. The molecule has 0 atom stereocenters. The molecule has 0 unspecified atom stereocenters. The molecule has 0 saturated heterocycles. The molecule has 0 radical (unpaired) electrons. The van der Waals surface area contributed by atoms with Crippen molar-refractivity contribution >= 4 is 22.6 Å². The first kappa shape index (κ1) is 9.04. The number of aromatic nitrogens is 2. The van der Waals surface area contributed by atoms with Gasteiger partial charge in [0.05, 0.1) is 16.9 Å². The fraction of sp³-hybridized carbons (Fsp3) is 0.100. The van der Waals surface area contributed by atoms with Crippen LogP contribution >= 0.6 is 11.6 Å². The van der Waals surface area contributed by atoms with Crippen molar-refractivity contribution in [3.63, 3.8) is 0 Å². The summed E-state index contributed by atoms with van der Waals surface area (Å²) in [7, 11) is 1.70. The highest BCUT2D eigenvalue weighted by Gasteiger charge is 2.13. The summed E-state index contributed by atoms with van der Waals surface area (Å²) in [5, 5.41) is -0.0244. The summed E-state index contributed by atoms with van der Waals surface area (Å²) in [6.45, 7) is 0. The fourth-order valence-electron chi connectivity index (χ4n) is 1.35. The maximum atomic E-state index is 13.7. The van der Waals surface area contributed by atoms with Crippen LogP contribution in [0, 0.1) is 18.2 Å². The highest BCUT2D eigenvalue weighted by atomic mass is 35.5. The van der Waals surface area contributed by atoms with E-state index in [0.29, 0.717) is 16.6 Å². The van der Waals surface area contributed by atoms with Crippen molar-refractivity contribution in [2.75, 3.05) is 0 Å². The molecule has 4 heteroatoms. The molecule has 0 saturated carbocycles. The predicted molar refractivity (Wildman–Crippen MR) is 53.6 cm³/mol. The predicted octanol–water partition coefficient (Wildman–Crippen LogP) is 2.35. The molecular formula is C10H6ClFN2. The van der Waals surface area contributed by atoms with E-state index < -0.39 is 5.82 Å². The number of terminal acetylenes is 1. The molecule has 0 aliphatic heterocycles. The van der Waals surface area contributed by atoms with E-state index >= 15 is 0 Å². The molecule has 2 nitrogen and oxygen atoms in total. The van der Waals surface area contributed by atoms with Crippen molar-refractivity contribution in [3.8, 4) is 12.3 Å². The quantitative estimate of drug-likeness (QED) is 0.608. The Hall–Kier alpha value is -1.53. The summed E-state index contributed by atoms with van der Waals surface area (Å²) in [4.78, 5) is 4.00. The van der Waals surface area contributed by atoms with Crippen molar-refractivity contribution in [2.24, 2.45) is 7.05 Å². The van der Waals surface area contributed by atoms with Gasteiger partial charge < -0.3 is 4.57 Å². The molecule has 1 heterocycles. The maximum Gasteiger partial charge on any atom is 0.168 e. The van der Waals surface area contributed by atoms with Gasteiger partial charge in [0.15, 0.2) is 5.82 Å². The van der Waals surface area contributed by atoms with Gasteiger partial charge in [-0.15, -0.1) is 6.42 Å². The van der Waals surface area contributed by atoms with Crippen LogP contribution in [0.2, 0.25) is 5.02 Å². The Kier molecular flexibility index (Phi) is 1.94. The van der Waals surface area contributed by atoms with Crippen molar-refractivity contribution in [1.82, 2.24) is 9.55 Å². The van der Waals surface area contributed by atoms with E-state index in [4.69, 9.17) is 18.0 Å². The number of hydrogen-bond acceptors (Lipinski definition) is 1. The SMILES string of the molecule is C#Cc1cc2ncn(C)c2c(F)c1Cl. The van der Waals surface area contributed by atoms with E-state index in [-0.39, 0.29) is 5.02 Å².